The third-order valence-electron chi connectivity index (χ3n) is 2.53. The summed E-state index contributed by atoms with van der Waals surface area (Å²) in [5.41, 5.74) is 0. The van der Waals surface area contributed by atoms with Crippen LogP contribution < -0.4 is 5.32 Å². The normalized spacial score (nSPS) is 21.6. The van der Waals surface area contributed by atoms with Gasteiger partial charge in [0.1, 0.15) is 12.6 Å². The molecule has 1 amide bonds. The van der Waals surface area contributed by atoms with Gasteiger partial charge in [-0.2, -0.15) is 12.6 Å². The fraction of sp³-hybridized carbons (Fsp3) is 0.818. The van der Waals surface area contributed by atoms with Crippen molar-refractivity contribution in [3.8, 4) is 0 Å². The lowest BCUT2D eigenvalue weighted by Crippen LogP contribution is -2.43. The maximum absolute atomic E-state index is 11.6. The van der Waals surface area contributed by atoms with E-state index in [1.807, 2.05) is 0 Å². The monoisotopic (exact) mass is 261 g/mol. The molecule has 0 bridgehead atoms. The van der Waals surface area contributed by atoms with Gasteiger partial charge in [0.05, 0.1) is 6.10 Å². The maximum atomic E-state index is 11.6. The van der Waals surface area contributed by atoms with E-state index in [2.05, 4.69) is 17.9 Å². The highest BCUT2D eigenvalue weighted by molar-refractivity contribution is 7.80. The van der Waals surface area contributed by atoms with Crippen molar-refractivity contribution in [1.82, 2.24) is 5.32 Å². The fourth-order valence-corrected chi connectivity index (χ4v) is 1.88. The van der Waals surface area contributed by atoms with Crippen molar-refractivity contribution in [1.29, 1.82) is 0 Å². The number of carbonyl (C=O) groups is 2. The molecule has 17 heavy (non-hydrogen) atoms. The molecule has 0 aromatic carbocycles. The van der Waals surface area contributed by atoms with Crippen LogP contribution in [0.2, 0.25) is 0 Å². The number of amides is 1. The summed E-state index contributed by atoms with van der Waals surface area (Å²) in [6.45, 7) is 2.33. The lowest BCUT2D eigenvalue weighted by molar-refractivity contribution is -0.152. The molecule has 6 heteroatoms. The molecule has 0 aliphatic carbocycles. The number of ether oxygens (including phenoxy) is 2. The molecule has 1 heterocycles. The summed E-state index contributed by atoms with van der Waals surface area (Å²) >= 11 is 4.00. The van der Waals surface area contributed by atoms with Crippen LogP contribution >= 0.6 is 12.6 Å². The predicted octanol–water partition coefficient (Wildman–Crippen LogP) is 0.533. The highest BCUT2D eigenvalue weighted by Gasteiger charge is 2.22. The summed E-state index contributed by atoms with van der Waals surface area (Å²) in [5.74, 6) is -0.497. The number of nitrogens with one attached hydrogen (secondary N) is 1. The van der Waals surface area contributed by atoms with Crippen LogP contribution in [0.5, 0.6) is 0 Å². The molecule has 1 unspecified atom stereocenters. The first-order chi connectivity index (χ1) is 8.13. The van der Waals surface area contributed by atoms with Gasteiger partial charge in [-0.25, -0.2) is 4.79 Å². The first kappa shape index (κ1) is 14.3. The highest BCUT2D eigenvalue weighted by atomic mass is 32.1. The van der Waals surface area contributed by atoms with Crippen LogP contribution in [0.1, 0.15) is 26.2 Å². The van der Waals surface area contributed by atoms with E-state index in [1.54, 1.807) is 0 Å². The second kappa shape index (κ2) is 7.55. The van der Waals surface area contributed by atoms with E-state index in [4.69, 9.17) is 9.47 Å². The summed E-state index contributed by atoms with van der Waals surface area (Å²) in [5, 5.41) is 2.49. The van der Waals surface area contributed by atoms with Crippen molar-refractivity contribution in [2.24, 2.45) is 0 Å². The molecule has 98 valence electrons. The Labute approximate surface area is 107 Å². The smallest absolute Gasteiger partial charge is 0.329 e. The lowest BCUT2D eigenvalue weighted by Gasteiger charge is -2.23. The topological polar surface area (TPSA) is 64.6 Å². The molecule has 2 atom stereocenters. The summed E-state index contributed by atoms with van der Waals surface area (Å²) < 4.78 is 10.5. The minimum absolute atomic E-state index is 0.00871. The largest absolute Gasteiger partial charge is 0.461 e. The maximum Gasteiger partial charge on any atom is 0.329 e. The van der Waals surface area contributed by atoms with Gasteiger partial charge in [-0.05, 0) is 19.3 Å². The van der Waals surface area contributed by atoms with Crippen LogP contribution in [-0.2, 0) is 19.1 Å². The van der Waals surface area contributed by atoms with Gasteiger partial charge in [-0.15, -0.1) is 0 Å². The number of hydrogen-bond acceptors (Lipinski definition) is 5. The molecule has 0 aromatic rings. The molecule has 1 saturated heterocycles. The summed E-state index contributed by atoms with van der Waals surface area (Å²) in [7, 11) is 0. The Balaban J connectivity index is 2.28. The number of rotatable bonds is 5. The van der Waals surface area contributed by atoms with Gasteiger partial charge in [0.15, 0.2) is 0 Å². The first-order valence-electron chi connectivity index (χ1n) is 5.79. The summed E-state index contributed by atoms with van der Waals surface area (Å²) in [6.07, 6.45) is 3.07. The predicted molar refractivity (Wildman–Crippen MR) is 66.0 cm³/mol. The van der Waals surface area contributed by atoms with Crippen LogP contribution in [0.25, 0.3) is 0 Å². The van der Waals surface area contributed by atoms with E-state index in [-0.39, 0.29) is 24.4 Å². The lowest BCUT2D eigenvalue weighted by atomic mass is 10.1. The minimum Gasteiger partial charge on any atom is -0.461 e. The van der Waals surface area contributed by atoms with Gasteiger partial charge < -0.3 is 14.8 Å². The van der Waals surface area contributed by atoms with Gasteiger partial charge >= 0.3 is 5.97 Å². The Bertz CT molecular complexity index is 266. The highest BCUT2D eigenvalue weighted by Crippen LogP contribution is 2.13. The van der Waals surface area contributed by atoms with Crippen LogP contribution in [-0.4, -0.2) is 43.0 Å². The SMILES string of the molecule is CC(=O)N[C@@H](CS)C(=O)OCC1CCCCO1. The molecule has 1 N–H and O–H groups in total. The van der Waals surface area contributed by atoms with Crippen molar-refractivity contribution < 1.29 is 19.1 Å². The van der Waals surface area contributed by atoms with Crippen molar-refractivity contribution >= 4 is 24.5 Å². The molecule has 0 radical (unpaired) electrons. The van der Waals surface area contributed by atoms with E-state index in [9.17, 15) is 9.59 Å². The summed E-state index contributed by atoms with van der Waals surface area (Å²) in [4.78, 5) is 22.5. The number of hydrogen-bond donors (Lipinski definition) is 2. The number of thiol groups is 1. The zero-order valence-corrected chi connectivity index (χ0v) is 10.9. The van der Waals surface area contributed by atoms with Crippen molar-refractivity contribution in [2.75, 3.05) is 19.0 Å². The van der Waals surface area contributed by atoms with E-state index in [0.29, 0.717) is 0 Å². The third kappa shape index (κ3) is 5.41. The molecule has 1 aliphatic rings. The second-order valence-electron chi connectivity index (χ2n) is 4.05. The second-order valence-corrected chi connectivity index (χ2v) is 4.42. The zero-order valence-electron chi connectivity index (χ0n) is 9.98. The first-order valence-corrected chi connectivity index (χ1v) is 6.43. The molecule has 0 spiro atoms. The van der Waals surface area contributed by atoms with Crippen molar-refractivity contribution in [3.63, 3.8) is 0 Å². The Morgan fingerprint density at radius 1 is 1.53 bits per heavy atom. The van der Waals surface area contributed by atoms with E-state index >= 15 is 0 Å². The van der Waals surface area contributed by atoms with Crippen LogP contribution in [0.4, 0.5) is 0 Å². The third-order valence-corrected chi connectivity index (χ3v) is 2.90. The summed E-state index contributed by atoms with van der Waals surface area (Å²) in [6, 6.07) is -0.681. The van der Waals surface area contributed by atoms with Gasteiger partial charge in [-0.1, -0.05) is 0 Å². The Hall–Kier alpha value is -0.750. The quantitative estimate of drug-likeness (QED) is 0.560. The van der Waals surface area contributed by atoms with Crippen LogP contribution in [0.3, 0.4) is 0 Å². The Morgan fingerprint density at radius 3 is 2.82 bits per heavy atom. The minimum atomic E-state index is -0.681. The van der Waals surface area contributed by atoms with Gasteiger partial charge in [0.25, 0.3) is 0 Å². The van der Waals surface area contributed by atoms with E-state index in [0.717, 1.165) is 25.9 Å². The van der Waals surface area contributed by atoms with Crippen LogP contribution in [0.15, 0.2) is 0 Å². The van der Waals surface area contributed by atoms with Crippen molar-refractivity contribution in [3.05, 3.63) is 0 Å². The molecule has 0 saturated carbocycles. The molecular formula is C11H19NO4S. The molecular weight excluding hydrogens is 242 g/mol. The molecule has 1 rings (SSSR count). The Kier molecular flexibility index (Phi) is 6.36. The molecule has 1 aliphatic heterocycles. The molecule has 5 nitrogen and oxygen atoms in total. The molecule has 0 aromatic heterocycles. The van der Waals surface area contributed by atoms with E-state index < -0.39 is 12.0 Å². The van der Waals surface area contributed by atoms with Crippen LogP contribution in [0, 0.1) is 0 Å². The zero-order chi connectivity index (χ0) is 12.7. The van der Waals surface area contributed by atoms with E-state index in [1.165, 1.54) is 6.92 Å². The van der Waals surface area contributed by atoms with Gasteiger partial charge in [0.2, 0.25) is 5.91 Å². The number of carbonyl (C=O) groups excluding carboxylic acids is 2. The van der Waals surface area contributed by atoms with Crippen molar-refractivity contribution in [2.45, 2.75) is 38.3 Å². The standard InChI is InChI=1S/C11H19NO4S/c1-8(13)12-10(7-17)11(14)16-6-9-4-2-3-5-15-9/h9-10,17H,2-7H2,1H3,(H,12,13)/t9?,10-/m0/s1. The van der Waals surface area contributed by atoms with Gasteiger partial charge in [0, 0.05) is 19.3 Å². The fourth-order valence-electron chi connectivity index (χ4n) is 1.64. The average molecular weight is 261 g/mol. The van der Waals surface area contributed by atoms with Gasteiger partial charge in [-0.3, -0.25) is 4.79 Å². The Morgan fingerprint density at radius 2 is 2.29 bits per heavy atom. The average Bonchev–Trinajstić information content (AvgIpc) is 2.34. The molecule has 1 fully saturated rings. The number of esters is 1.